The standard InChI is InChI=1S/C18H20N6O/c1-11(2)23-10-13(9-20-23)15-14(18(3)5-4-6-18)17(25)24-16(22-15)12(7-19)8-21-24/h8-11,22H,4-6H2,1-3H3. The molecule has 0 saturated heterocycles. The summed E-state index contributed by atoms with van der Waals surface area (Å²) in [4.78, 5) is 16.5. The molecule has 1 saturated carbocycles. The summed E-state index contributed by atoms with van der Waals surface area (Å²) in [5.41, 5.74) is 2.83. The van der Waals surface area contributed by atoms with Gasteiger partial charge in [-0.2, -0.15) is 20.0 Å². The van der Waals surface area contributed by atoms with Crippen molar-refractivity contribution >= 4 is 5.65 Å². The molecule has 0 aromatic carbocycles. The summed E-state index contributed by atoms with van der Waals surface area (Å²) in [7, 11) is 0. The van der Waals surface area contributed by atoms with E-state index in [1.165, 1.54) is 10.7 Å². The van der Waals surface area contributed by atoms with Gasteiger partial charge in [0.2, 0.25) is 0 Å². The van der Waals surface area contributed by atoms with Crippen molar-refractivity contribution in [1.82, 2.24) is 24.4 Å². The average molecular weight is 336 g/mol. The molecule has 0 aliphatic heterocycles. The van der Waals surface area contributed by atoms with E-state index in [1.807, 2.05) is 10.9 Å². The quantitative estimate of drug-likeness (QED) is 0.796. The van der Waals surface area contributed by atoms with E-state index in [0.29, 0.717) is 11.2 Å². The molecule has 0 atom stereocenters. The maximum Gasteiger partial charge on any atom is 0.278 e. The van der Waals surface area contributed by atoms with E-state index in [1.54, 1.807) is 6.20 Å². The molecular formula is C18H20N6O. The van der Waals surface area contributed by atoms with Crippen molar-refractivity contribution in [2.75, 3.05) is 0 Å². The lowest BCUT2D eigenvalue weighted by Gasteiger charge is -2.39. The summed E-state index contributed by atoms with van der Waals surface area (Å²) in [6.45, 7) is 6.24. The molecule has 1 aliphatic rings. The second kappa shape index (κ2) is 5.31. The molecule has 3 aromatic rings. The van der Waals surface area contributed by atoms with Gasteiger partial charge in [0.15, 0.2) is 5.65 Å². The van der Waals surface area contributed by atoms with Gasteiger partial charge in [-0.05, 0) is 26.7 Å². The number of aromatic nitrogens is 5. The molecule has 0 amide bonds. The molecule has 25 heavy (non-hydrogen) atoms. The van der Waals surface area contributed by atoms with Gasteiger partial charge >= 0.3 is 0 Å². The van der Waals surface area contributed by atoms with Crippen LogP contribution in [0.4, 0.5) is 0 Å². The maximum absolute atomic E-state index is 13.2. The minimum atomic E-state index is -0.171. The van der Waals surface area contributed by atoms with Crippen LogP contribution in [0.3, 0.4) is 0 Å². The lowest BCUT2D eigenvalue weighted by atomic mass is 9.65. The van der Waals surface area contributed by atoms with Crippen LogP contribution in [0.25, 0.3) is 16.9 Å². The summed E-state index contributed by atoms with van der Waals surface area (Å²) >= 11 is 0. The third-order valence-electron chi connectivity index (χ3n) is 5.27. The van der Waals surface area contributed by atoms with E-state index in [4.69, 9.17) is 0 Å². The first-order valence-electron chi connectivity index (χ1n) is 8.54. The Hall–Kier alpha value is -2.88. The molecule has 4 rings (SSSR count). The van der Waals surface area contributed by atoms with Gasteiger partial charge in [-0.1, -0.05) is 13.3 Å². The number of hydrogen-bond acceptors (Lipinski definition) is 4. The van der Waals surface area contributed by atoms with Crippen molar-refractivity contribution in [1.29, 1.82) is 5.26 Å². The second-order valence-corrected chi connectivity index (χ2v) is 7.33. The Morgan fingerprint density at radius 3 is 2.64 bits per heavy atom. The van der Waals surface area contributed by atoms with Crippen molar-refractivity contribution in [3.63, 3.8) is 0 Å². The largest absolute Gasteiger partial charge is 0.338 e. The highest BCUT2D eigenvalue weighted by molar-refractivity contribution is 5.68. The van der Waals surface area contributed by atoms with E-state index < -0.39 is 0 Å². The van der Waals surface area contributed by atoms with Gasteiger partial charge in [-0.3, -0.25) is 9.48 Å². The number of rotatable bonds is 3. The van der Waals surface area contributed by atoms with Crippen molar-refractivity contribution < 1.29 is 0 Å². The molecule has 7 nitrogen and oxygen atoms in total. The van der Waals surface area contributed by atoms with Gasteiger partial charge in [0, 0.05) is 28.8 Å². The first kappa shape index (κ1) is 15.6. The van der Waals surface area contributed by atoms with Crippen LogP contribution in [0.2, 0.25) is 0 Å². The Labute approximate surface area is 144 Å². The minimum Gasteiger partial charge on any atom is -0.338 e. The average Bonchev–Trinajstić information content (AvgIpc) is 3.19. The highest BCUT2D eigenvalue weighted by atomic mass is 16.1. The smallest absolute Gasteiger partial charge is 0.278 e. The number of H-pyrrole nitrogens is 1. The van der Waals surface area contributed by atoms with Gasteiger partial charge in [0.25, 0.3) is 5.56 Å². The van der Waals surface area contributed by atoms with E-state index in [0.717, 1.165) is 36.1 Å². The van der Waals surface area contributed by atoms with E-state index >= 15 is 0 Å². The number of nitriles is 1. The Morgan fingerprint density at radius 1 is 1.32 bits per heavy atom. The van der Waals surface area contributed by atoms with Crippen LogP contribution in [-0.4, -0.2) is 24.4 Å². The lowest BCUT2D eigenvalue weighted by Crippen LogP contribution is -2.39. The molecule has 0 spiro atoms. The molecule has 7 heteroatoms. The van der Waals surface area contributed by atoms with Crippen molar-refractivity contribution in [2.45, 2.75) is 51.5 Å². The molecule has 0 bridgehead atoms. The highest BCUT2D eigenvalue weighted by Crippen LogP contribution is 2.44. The van der Waals surface area contributed by atoms with E-state index in [2.05, 4.69) is 42.0 Å². The van der Waals surface area contributed by atoms with Crippen LogP contribution in [0.5, 0.6) is 0 Å². The van der Waals surface area contributed by atoms with Crippen LogP contribution in [0.1, 0.15) is 57.2 Å². The molecule has 3 heterocycles. The predicted molar refractivity (Wildman–Crippen MR) is 93.3 cm³/mol. The first-order valence-corrected chi connectivity index (χ1v) is 8.54. The fourth-order valence-corrected chi connectivity index (χ4v) is 3.58. The number of hydrogen-bond donors (Lipinski definition) is 1. The van der Waals surface area contributed by atoms with Crippen LogP contribution < -0.4 is 5.56 Å². The van der Waals surface area contributed by atoms with Crippen LogP contribution in [0.15, 0.2) is 23.4 Å². The van der Waals surface area contributed by atoms with E-state index in [9.17, 15) is 10.1 Å². The number of aromatic amines is 1. The van der Waals surface area contributed by atoms with Gasteiger partial charge < -0.3 is 4.98 Å². The SMILES string of the molecule is CC(C)n1cc(-c2[nH]c3c(C#N)cnn3c(=O)c2C2(C)CCC2)cn1. The molecular weight excluding hydrogens is 316 g/mol. The lowest BCUT2D eigenvalue weighted by molar-refractivity contribution is 0.269. The van der Waals surface area contributed by atoms with Crippen molar-refractivity contribution in [3.05, 3.63) is 40.1 Å². The van der Waals surface area contributed by atoms with E-state index in [-0.39, 0.29) is 17.0 Å². The topological polar surface area (TPSA) is 91.8 Å². The predicted octanol–water partition coefficient (Wildman–Crippen LogP) is 2.78. The molecule has 0 unspecified atom stereocenters. The summed E-state index contributed by atoms with van der Waals surface area (Å²) < 4.78 is 3.18. The third kappa shape index (κ3) is 2.21. The van der Waals surface area contributed by atoms with Crippen LogP contribution >= 0.6 is 0 Å². The highest BCUT2D eigenvalue weighted by Gasteiger charge is 2.39. The van der Waals surface area contributed by atoms with Crippen LogP contribution in [0, 0.1) is 11.3 Å². The number of nitrogens with one attached hydrogen (secondary N) is 1. The Balaban J connectivity index is 2.04. The molecule has 1 aliphatic carbocycles. The number of fused-ring (bicyclic) bond motifs is 1. The fraction of sp³-hybridized carbons (Fsp3) is 0.444. The molecule has 1 N–H and O–H groups in total. The summed E-state index contributed by atoms with van der Waals surface area (Å²) in [5.74, 6) is 0. The maximum atomic E-state index is 13.2. The monoisotopic (exact) mass is 336 g/mol. The van der Waals surface area contributed by atoms with Crippen LogP contribution in [-0.2, 0) is 5.41 Å². The normalized spacial score (nSPS) is 16.1. The Morgan fingerprint density at radius 2 is 2.08 bits per heavy atom. The molecule has 128 valence electrons. The Kier molecular flexibility index (Phi) is 3.32. The Bertz CT molecular complexity index is 1060. The zero-order valence-corrected chi connectivity index (χ0v) is 14.6. The number of nitrogens with zero attached hydrogens (tertiary/aromatic N) is 5. The molecule has 1 fully saturated rings. The molecule has 0 radical (unpaired) electrons. The molecule has 3 aromatic heterocycles. The third-order valence-corrected chi connectivity index (χ3v) is 5.27. The summed E-state index contributed by atoms with van der Waals surface area (Å²) in [6.07, 6.45) is 8.21. The second-order valence-electron chi connectivity index (χ2n) is 7.33. The minimum absolute atomic E-state index is 0.148. The van der Waals surface area contributed by atoms with Gasteiger partial charge in [0.05, 0.1) is 18.1 Å². The van der Waals surface area contributed by atoms with Crippen molar-refractivity contribution in [3.8, 4) is 17.3 Å². The van der Waals surface area contributed by atoms with Gasteiger partial charge in [-0.15, -0.1) is 0 Å². The zero-order valence-electron chi connectivity index (χ0n) is 14.6. The summed E-state index contributed by atoms with van der Waals surface area (Å²) in [6, 6.07) is 2.32. The van der Waals surface area contributed by atoms with Crippen molar-refractivity contribution in [2.24, 2.45) is 0 Å². The summed E-state index contributed by atoms with van der Waals surface area (Å²) in [5, 5.41) is 17.8. The van der Waals surface area contributed by atoms with Gasteiger partial charge in [-0.25, -0.2) is 0 Å². The first-order chi connectivity index (χ1) is 11.9. The van der Waals surface area contributed by atoms with Gasteiger partial charge in [0.1, 0.15) is 11.6 Å². The fourth-order valence-electron chi connectivity index (χ4n) is 3.58. The zero-order chi connectivity index (χ0) is 17.8.